The predicted octanol–water partition coefficient (Wildman–Crippen LogP) is 5.19. The van der Waals surface area contributed by atoms with Crippen LogP contribution in [0.4, 0.5) is 24.5 Å². The lowest BCUT2D eigenvalue weighted by Crippen LogP contribution is -2.06. The van der Waals surface area contributed by atoms with Crippen LogP contribution < -0.4 is 5.43 Å². The van der Waals surface area contributed by atoms with Gasteiger partial charge in [-0.2, -0.15) is 23.5 Å². The first kappa shape index (κ1) is 19.6. The van der Waals surface area contributed by atoms with E-state index in [1.54, 1.807) is 36.4 Å². The van der Waals surface area contributed by atoms with Crippen LogP contribution >= 0.6 is 0 Å². The molecule has 1 aromatic heterocycles. The van der Waals surface area contributed by atoms with Crippen molar-refractivity contribution in [3.63, 3.8) is 0 Å². The van der Waals surface area contributed by atoms with Crippen LogP contribution in [0.15, 0.2) is 64.1 Å². The highest BCUT2D eigenvalue weighted by Crippen LogP contribution is 2.35. The van der Waals surface area contributed by atoms with Gasteiger partial charge in [-0.3, -0.25) is 15.5 Å². The number of furan rings is 1. The van der Waals surface area contributed by atoms with Gasteiger partial charge in [-0.15, -0.1) is 0 Å². The number of nitrogens with one attached hydrogen (secondary N) is 1. The molecule has 0 atom stereocenters. The van der Waals surface area contributed by atoms with Crippen molar-refractivity contribution in [3.8, 4) is 17.4 Å². The molecule has 0 aliphatic carbocycles. The van der Waals surface area contributed by atoms with Gasteiger partial charge < -0.3 is 4.42 Å². The number of nitrogens with zero attached hydrogens (tertiary/aromatic N) is 3. The highest BCUT2D eigenvalue weighted by atomic mass is 19.4. The minimum absolute atomic E-state index is 0.196. The zero-order valence-corrected chi connectivity index (χ0v) is 14.5. The molecule has 7 nitrogen and oxygen atoms in total. The SMILES string of the molecule is N#Cc1ccc(-c2ccc(/C=N\Nc3ccc(C(F)(F)F)cc3[N+](=O)[O-])o2)cc1. The summed E-state index contributed by atoms with van der Waals surface area (Å²) in [6, 6.07) is 14.1. The highest BCUT2D eigenvalue weighted by Gasteiger charge is 2.33. The van der Waals surface area contributed by atoms with Gasteiger partial charge in [0.2, 0.25) is 0 Å². The first-order chi connectivity index (χ1) is 13.8. The third-order valence-corrected chi connectivity index (χ3v) is 3.82. The molecule has 146 valence electrons. The van der Waals surface area contributed by atoms with Gasteiger partial charge in [0.25, 0.3) is 5.69 Å². The van der Waals surface area contributed by atoms with Crippen LogP contribution in [0, 0.1) is 21.4 Å². The van der Waals surface area contributed by atoms with Crippen LogP contribution in [0.5, 0.6) is 0 Å². The van der Waals surface area contributed by atoms with Crippen LogP contribution in [-0.4, -0.2) is 11.1 Å². The van der Waals surface area contributed by atoms with Gasteiger partial charge in [-0.05, 0) is 48.5 Å². The largest absolute Gasteiger partial charge is 0.455 e. The Morgan fingerprint density at radius 3 is 2.48 bits per heavy atom. The summed E-state index contributed by atoms with van der Waals surface area (Å²) >= 11 is 0. The number of alkyl halides is 3. The molecule has 3 aromatic rings. The Hall–Kier alpha value is -4.13. The average molecular weight is 400 g/mol. The van der Waals surface area contributed by atoms with Crippen molar-refractivity contribution in [1.29, 1.82) is 5.26 Å². The lowest BCUT2D eigenvalue weighted by molar-refractivity contribution is -0.384. The molecular formula is C19H11F3N4O3. The summed E-state index contributed by atoms with van der Waals surface area (Å²) < 4.78 is 43.7. The molecule has 29 heavy (non-hydrogen) atoms. The maximum absolute atomic E-state index is 12.7. The number of hydrazone groups is 1. The number of hydrogen-bond donors (Lipinski definition) is 1. The maximum Gasteiger partial charge on any atom is 0.416 e. The lowest BCUT2D eigenvalue weighted by atomic mass is 10.1. The van der Waals surface area contributed by atoms with Gasteiger partial charge in [-0.1, -0.05) is 0 Å². The molecule has 0 bridgehead atoms. The van der Waals surface area contributed by atoms with Gasteiger partial charge in [0.1, 0.15) is 17.2 Å². The van der Waals surface area contributed by atoms with Gasteiger partial charge in [0.15, 0.2) is 0 Å². The molecule has 0 radical (unpaired) electrons. The van der Waals surface area contributed by atoms with Crippen molar-refractivity contribution < 1.29 is 22.5 Å². The summed E-state index contributed by atoms with van der Waals surface area (Å²) in [5.74, 6) is 0.822. The average Bonchev–Trinajstić information content (AvgIpc) is 3.16. The summed E-state index contributed by atoms with van der Waals surface area (Å²) in [5.41, 5.74) is 1.51. The third kappa shape index (κ3) is 4.59. The normalized spacial score (nSPS) is 11.4. The molecule has 1 heterocycles. The number of anilines is 1. The van der Waals surface area contributed by atoms with E-state index in [0.29, 0.717) is 23.2 Å². The van der Waals surface area contributed by atoms with E-state index in [9.17, 15) is 23.3 Å². The molecule has 0 fully saturated rings. The second-order valence-corrected chi connectivity index (χ2v) is 5.75. The van der Waals surface area contributed by atoms with E-state index in [-0.39, 0.29) is 5.69 Å². The number of hydrogen-bond acceptors (Lipinski definition) is 6. The van der Waals surface area contributed by atoms with E-state index in [1.807, 2.05) is 6.07 Å². The lowest BCUT2D eigenvalue weighted by Gasteiger charge is -2.08. The zero-order valence-electron chi connectivity index (χ0n) is 14.5. The Morgan fingerprint density at radius 2 is 1.86 bits per heavy atom. The third-order valence-electron chi connectivity index (χ3n) is 3.82. The van der Waals surface area contributed by atoms with Crippen LogP contribution in [0.3, 0.4) is 0 Å². The Balaban J connectivity index is 1.75. The minimum atomic E-state index is -4.69. The number of nitriles is 1. The number of benzene rings is 2. The topological polar surface area (TPSA) is 104 Å². The van der Waals surface area contributed by atoms with E-state index in [0.717, 1.165) is 17.7 Å². The Kier molecular flexibility index (Phi) is 5.32. The monoisotopic (exact) mass is 400 g/mol. The Labute approximate surface area is 161 Å². The van der Waals surface area contributed by atoms with Crippen molar-refractivity contribution in [2.24, 2.45) is 5.10 Å². The number of halogens is 3. The van der Waals surface area contributed by atoms with E-state index < -0.39 is 22.4 Å². The molecule has 0 aliphatic heterocycles. The van der Waals surface area contributed by atoms with Crippen LogP contribution in [0.1, 0.15) is 16.9 Å². The van der Waals surface area contributed by atoms with Gasteiger partial charge >= 0.3 is 6.18 Å². The molecule has 0 unspecified atom stereocenters. The second-order valence-electron chi connectivity index (χ2n) is 5.75. The van der Waals surface area contributed by atoms with Crippen molar-refractivity contribution in [2.45, 2.75) is 6.18 Å². The summed E-state index contributed by atoms with van der Waals surface area (Å²) in [7, 11) is 0. The molecule has 1 N–H and O–H groups in total. The molecule has 0 spiro atoms. The smallest absolute Gasteiger partial charge is 0.416 e. The molecule has 2 aromatic carbocycles. The molecule has 3 rings (SSSR count). The zero-order chi connectivity index (χ0) is 21.0. The van der Waals surface area contributed by atoms with Gasteiger partial charge in [0, 0.05) is 11.6 Å². The van der Waals surface area contributed by atoms with Crippen LogP contribution in [0.2, 0.25) is 0 Å². The van der Waals surface area contributed by atoms with Gasteiger partial charge in [0.05, 0.1) is 28.3 Å². The summed E-state index contributed by atoms with van der Waals surface area (Å²) in [6.07, 6.45) is -3.46. The van der Waals surface area contributed by atoms with Crippen LogP contribution in [-0.2, 0) is 6.18 Å². The van der Waals surface area contributed by atoms with E-state index in [4.69, 9.17) is 9.68 Å². The summed E-state index contributed by atoms with van der Waals surface area (Å²) in [4.78, 5) is 10.1. The highest BCUT2D eigenvalue weighted by molar-refractivity contribution is 5.78. The van der Waals surface area contributed by atoms with Crippen molar-refractivity contribution in [3.05, 3.63) is 81.6 Å². The fraction of sp³-hybridized carbons (Fsp3) is 0.0526. The number of rotatable bonds is 5. The number of nitro groups is 1. The maximum atomic E-state index is 12.7. The molecule has 10 heteroatoms. The molecule has 0 saturated heterocycles. The number of nitro benzene ring substituents is 1. The Morgan fingerprint density at radius 1 is 1.14 bits per heavy atom. The standard InChI is InChI=1S/C19H11F3N4O3/c20-19(21,22)14-5-7-16(17(9-14)26(27)28)25-24-11-15-6-8-18(29-15)13-3-1-12(10-23)2-4-13/h1-9,11,25H/b24-11-. The van der Waals surface area contributed by atoms with Gasteiger partial charge in [-0.25, -0.2) is 0 Å². The fourth-order valence-corrected chi connectivity index (χ4v) is 2.41. The van der Waals surface area contributed by atoms with E-state index >= 15 is 0 Å². The van der Waals surface area contributed by atoms with Crippen molar-refractivity contribution in [1.82, 2.24) is 0 Å². The molecule has 0 saturated carbocycles. The fourth-order valence-electron chi connectivity index (χ4n) is 2.41. The summed E-state index contributed by atoms with van der Waals surface area (Å²) in [6.45, 7) is 0. The molecule has 0 amide bonds. The molecule has 0 aliphatic rings. The van der Waals surface area contributed by atoms with E-state index in [1.165, 1.54) is 6.21 Å². The first-order valence-electron chi connectivity index (χ1n) is 8.03. The Bertz CT molecular complexity index is 1110. The van der Waals surface area contributed by atoms with Crippen LogP contribution in [0.25, 0.3) is 11.3 Å². The molecular weight excluding hydrogens is 389 g/mol. The van der Waals surface area contributed by atoms with Crippen molar-refractivity contribution in [2.75, 3.05) is 5.43 Å². The summed E-state index contributed by atoms with van der Waals surface area (Å²) in [5, 5.41) is 23.6. The minimum Gasteiger partial charge on any atom is -0.455 e. The quantitative estimate of drug-likeness (QED) is 0.360. The predicted molar refractivity (Wildman–Crippen MR) is 98.2 cm³/mol. The first-order valence-corrected chi connectivity index (χ1v) is 8.03. The van der Waals surface area contributed by atoms with E-state index in [2.05, 4.69) is 10.5 Å². The van der Waals surface area contributed by atoms with Crippen molar-refractivity contribution >= 4 is 17.6 Å². The second kappa shape index (κ2) is 7.85.